The molecule has 0 radical (unpaired) electrons. The third kappa shape index (κ3) is 5.95. The van der Waals surface area contributed by atoms with Gasteiger partial charge in [0.15, 0.2) is 6.10 Å². The van der Waals surface area contributed by atoms with Gasteiger partial charge in [-0.1, -0.05) is 48.6 Å². The lowest BCUT2D eigenvalue weighted by atomic mass is 9.81. The van der Waals surface area contributed by atoms with Crippen molar-refractivity contribution in [2.24, 2.45) is 0 Å². The van der Waals surface area contributed by atoms with E-state index in [1.165, 1.54) is 5.56 Å². The van der Waals surface area contributed by atoms with Crippen molar-refractivity contribution in [3.8, 4) is 22.3 Å². The van der Waals surface area contributed by atoms with E-state index in [-0.39, 0.29) is 6.61 Å². The minimum absolute atomic E-state index is 0.206. The van der Waals surface area contributed by atoms with Crippen LogP contribution in [0.1, 0.15) is 65.8 Å². The molecule has 37 heavy (non-hydrogen) atoms. The van der Waals surface area contributed by atoms with E-state index in [1.807, 2.05) is 52.8 Å². The van der Waals surface area contributed by atoms with Crippen LogP contribution in [0.15, 0.2) is 42.5 Å². The number of hydrogen-bond acceptors (Lipinski definition) is 4. The Morgan fingerprint density at radius 2 is 1.43 bits per heavy atom. The lowest BCUT2D eigenvalue weighted by molar-refractivity contribution is -0.160. The fraction of sp³-hybridized carbons (Fsp3) is 0.344. The van der Waals surface area contributed by atoms with E-state index in [1.54, 1.807) is 12.2 Å². The zero-order valence-corrected chi connectivity index (χ0v) is 23.2. The summed E-state index contributed by atoms with van der Waals surface area (Å²) in [7, 11) is 0. The first-order valence-corrected chi connectivity index (χ1v) is 12.6. The minimum Gasteiger partial charge on any atom is -0.479 e. The largest absolute Gasteiger partial charge is 0.479 e. The Hall–Kier alpha value is -3.41. The van der Waals surface area contributed by atoms with Crippen molar-refractivity contribution in [1.82, 2.24) is 0 Å². The maximum Gasteiger partial charge on any atom is 0.337 e. The number of carboxylic acids is 1. The number of aliphatic carboxylic acids is 1. The first-order chi connectivity index (χ1) is 17.3. The van der Waals surface area contributed by atoms with Gasteiger partial charge in [0.05, 0.1) is 12.2 Å². The number of aryl methyl sites for hydroxylation is 4. The van der Waals surface area contributed by atoms with E-state index in [2.05, 4.69) is 39.0 Å². The molecule has 0 saturated carbocycles. The highest BCUT2D eigenvalue weighted by Crippen LogP contribution is 2.46. The molecule has 0 aromatic heterocycles. The first kappa shape index (κ1) is 28.2. The fourth-order valence-corrected chi connectivity index (χ4v) is 4.69. The summed E-state index contributed by atoms with van der Waals surface area (Å²) < 4.78 is 6.16. The van der Waals surface area contributed by atoms with E-state index in [9.17, 15) is 15.0 Å². The van der Waals surface area contributed by atoms with Gasteiger partial charge in [0.1, 0.15) is 0 Å². The number of rotatable bonds is 7. The summed E-state index contributed by atoms with van der Waals surface area (Å²) in [4.78, 5) is 12.7. The van der Waals surface area contributed by atoms with Crippen molar-refractivity contribution >= 4 is 17.7 Å². The Kier molecular flexibility index (Phi) is 8.31. The van der Waals surface area contributed by atoms with Crippen molar-refractivity contribution < 1.29 is 19.7 Å². The van der Waals surface area contributed by atoms with E-state index in [0.717, 1.165) is 44.5 Å². The van der Waals surface area contributed by atoms with Gasteiger partial charge in [-0.2, -0.15) is 0 Å². The SMILES string of the molecule is Cc1ccc(-c2c(C)c(-c3ccc(C)c(C)c3)c(C(OC(C)(C)C)C(=O)O)c(C=CCO)c2N)cc1C. The fourth-order valence-electron chi connectivity index (χ4n) is 4.69. The van der Waals surface area contributed by atoms with Crippen LogP contribution in [0, 0.1) is 34.6 Å². The molecule has 3 rings (SSSR count). The average molecular weight is 502 g/mol. The monoisotopic (exact) mass is 501 g/mol. The molecular weight excluding hydrogens is 462 g/mol. The predicted octanol–water partition coefficient (Wildman–Crippen LogP) is 7.09. The molecule has 4 N–H and O–H groups in total. The molecule has 0 bridgehead atoms. The van der Waals surface area contributed by atoms with E-state index >= 15 is 0 Å². The number of nitrogens with two attached hydrogens (primary N) is 1. The van der Waals surface area contributed by atoms with E-state index in [4.69, 9.17) is 10.5 Å². The first-order valence-electron chi connectivity index (χ1n) is 12.6. The normalized spacial score (nSPS) is 12.8. The zero-order chi connectivity index (χ0) is 27.7. The molecule has 1 atom stereocenters. The molecule has 0 amide bonds. The second-order valence-electron chi connectivity index (χ2n) is 10.7. The predicted molar refractivity (Wildman–Crippen MR) is 153 cm³/mol. The number of aliphatic hydroxyl groups excluding tert-OH is 1. The number of ether oxygens (including phenoxy) is 1. The molecule has 0 spiro atoms. The molecular formula is C32H39NO4. The maximum absolute atomic E-state index is 12.7. The van der Waals surface area contributed by atoms with Crippen molar-refractivity contribution in [1.29, 1.82) is 0 Å². The average Bonchev–Trinajstić information content (AvgIpc) is 2.80. The molecule has 0 aliphatic rings. The van der Waals surface area contributed by atoms with Crippen LogP contribution < -0.4 is 5.73 Å². The van der Waals surface area contributed by atoms with Crippen LogP contribution in [0.3, 0.4) is 0 Å². The molecule has 0 saturated heterocycles. The Morgan fingerprint density at radius 3 is 1.86 bits per heavy atom. The smallest absolute Gasteiger partial charge is 0.337 e. The van der Waals surface area contributed by atoms with Gasteiger partial charge in [-0.05, 0) is 99.9 Å². The second-order valence-corrected chi connectivity index (χ2v) is 10.7. The highest BCUT2D eigenvalue weighted by Gasteiger charge is 2.34. The molecule has 5 heteroatoms. The van der Waals surface area contributed by atoms with Gasteiger partial charge in [-0.3, -0.25) is 0 Å². The van der Waals surface area contributed by atoms with Crippen LogP contribution in [-0.4, -0.2) is 28.4 Å². The van der Waals surface area contributed by atoms with Gasteiger partial charge in [-0.15, -0.1) is 0 Å². The summed E-state index contributed by atoms with van der Waals surface area (Å²) in [5, 5.41) is 20.0. The summed E-state index contributed by atoms with van der Waals surface area (Å²) in [6.45, 7) is 15.5. The summed E-state index contributed by atoms with van der Waals surface area (Å²) in [5.74, 6) is -1.10. The van der Waals surface area contributed by atoms with Gasteiger partial charge in [-0.25, -0.2) is 4.79 Å². The van der Waals surface area contributed by atoms with Crippen LogP contribution in [0.5, 0.6) is 0 Å². The van der Waals surface area contributed by atoms with Gasteiger partial charge < -0.3 is 20.7 Å². The minimum atomic E-state index is -1.27. The van der Waals surface area contributed by atoms with Crippen LogP contribution >= 0.6 is 0 Å². The lowest BCUT2D eigenvalue weighted by Crippen LogP contribution is -2.28. The zero-order valence-electron chi connectivity index (χ0n) is 23.2. The molecule has 0 aliphatic heterocycles. The Balaban J connectivity index is 2.57. The number of nitrogen functional groups attached to an aromatic ring is 1. The van der Waals surface area contributed by atoms with E-state index < -0.39 is 17.7 Å². The maximum atomic E-state index is 12.7. The van der Waals surface area contributed by atoms with Crippen LogP contribution in [0.4, 0.5) is 5.69 Å². The Morgan fingerprint density at radius 1 is 0.919 bits per heavy atom. The van der Waals surface area contributed by atoms with Crippen LogP contribution in [0.25, 0.3) is 28.3 Å². The summed E-state index contributed by atoms with van der Waals surface area (Å²) in [6.07, 6.45) is 2.01. The van der Waals surface area contributed by atoms with E-state index in [0.29, 0.717) is 16.8 Å². The summed E-state index contributed by atoms with van der Waals surface area (Å²) in [6, 6.07) is 12.4. The molecule has 0 heterocycles. The quantitative estimate of drug-likeness (QED) is 0.301. The highest BCUT2D eigenvalue weighted by atomic mass is 16.5. The van der Waals surface area contributed by atoms with Crippen molar-refractivity contribution in [2.75, 3.05) is 12.3 Å². The van der Waals surface area contributed by atoms with Crippen LogP contribution in [0.2, 0.25) is 0 Å². The standard InChI is InChI=1S/C32H39NO4/c1-18-11-13-23(16-20(18)3)26-22(5)27(24-14-12-19(2)21(4)17-24)29(33)25(10-9-15-34)28(26)30(31(35)36)37-32(6,7)8/h9-14,16-17,30,34H,15,33H2,1-8H3,(H,35,36). The number of benzene rings is 3. The van der Waals surface area contributed by atoms with Crippen molar-refractivity contribution in [2.45, 2.75) is 67.1 Å². The van der Waals surface area contributed by atoms with Crippen molar-refractivity contribution in [3.05, 3.63) is 81.4 Å². The third-order valence-electron chi connectivity index (χ3n) is 6.81. The van der Waals surface area contributed by atoms with Gasteiger partial charge in [0.2, 0.25) is 0 Å². The molecule has 5 nitrogen and oxygen atoms in total. The molecule has 196 valence electrons. The Labute approximate surface area is 220 Å². The molecule has 0 aliphatic carbocycles. The number of aliphatic hydroxyl groups is 1. The Bertz CT molecular complexity index is 1360. The highest BCUT2D eigenvalue weighted by molar-refractivity contribution is 5.96. The molecule has 1 unspecified atom stereocenters. The van der Waals surface area contributed by atoms with Gasteiger partial charge >= 0.3 is 5.97 Å². The van der Waals surface area contributed by atoms with Gasteiger partial charge in [0.25, 0.3) is 0 Å². The number of carboxylic acid groups (broad SMARTS) is 1. The number of hydrogen-bond donors (Lipinski definition) is 3. The topological polar surface area (TPSA) is 92.8 Å². The van der Waals surface area contributed by atoms with Crippen molar-refractivity contribution in [3.63, 3.8) is 0 Å². The second kappa shape index (κ2) is 10.9. The molecule has 3 aromatic rings. The number of carbonyl (C=O) groups is 1. The number of anilines is 1. The van der Waals surface area contributed by atoms with Gasteiger partial charge in [0, 0.05) is 22.4 Å². The summed E-state index contributed by atoms with van der Waals surface area (Å²) >= 11 is 0. The van der Waals surface area contributed by atoms with Crippen LogP contribution in [-0.2, 0) is 9.53 Å². The molecule has 0 fully saturated rings. The molecule has 3 aromatic carbocycles. The third-order valence-corrected chi connectivity index (χ3v) is 6.81. The summed E-state index contributed by atoms with van der Waals surface area (Å²) in [5.41, 5.74) is 16.5. The lowest BCUT2D eigenvalue weighted by Gasteiger charge is -2.30.